The second-order valence-electron chi connectivity index (χ2n) is 1.82. The molecule has 2 nitrogen and oxygen atoms in total. The summed E-state index contributed by atoms with van der Waals surface area (Å²) in [5.41, 5.74) is 5.36. The summed E-state index contributed by atoms with van der Waals surface area (Å²) in [6.07, 6.45) is 0. The second kappa shape index (κ2) is 6.39. The highest BCUT2D eigenvalue weighted by Crippen LogP contribution is 1.93. The summed E-state index contributed by atoms with van der Waals surface area (Å²) in [6, 6.07) is 0. The highest BCUT2D eigenvalue weighted by molar-refractivity contribution is 7.96. The van der Waals surface area contributed by atoms with E-state index in [1.807, 2.05) is 0 Å². The van der Waals surface area contributed by atoms with Gasteiger partial charge in [-0.25, -0.2) is 0 Å². The molecule has 0 aromatic carbocycles. The second-order valence-corrected chi connectivity index (χ2v) is 4.44. The molecular formula is C6H16NOS+. The lowest BCUT2D eigenvalue weighted by Crippen LogP contribution is -2.22. The zero-order chi connectivity index (χ0) is 7.11. The van der Waals surface area contributed by atoms with Crippen LogP contribution in [0.15, 0.2) is 0 Å². The highest BCUT2D eigenvalue weighted by Gasteiger charge is 2.11. The molecule has 0 spiro atoms. The maximum atomic E-state index is 8.56. The van der Waals surface area contributed by atoms with Crippen LogP contribution in [0.5, 0.6) is 0 Å². The first kappa shape index (κ1) is 9.27. The van der Waals surface area contributed by atoms with Gasteiger partial charge in [0.05, 0.1) is 6.61 Å². The van der Waals surface area contributed by atoms with E-state index in [0.717, 1.165) is 23.8 Å². The van der Waals surface area contributed by atoms with E-state index in [1.54, 1.807) is 0 Å². The predicted molar refractivity (Wildman–Crippen MR) is 43.8 cm³/mol. The minimum Gasteiger partial charge on any atom is -0.391 e. The van der Waals surface area contributed by atoms with Crippen LogP contribution in [-0.2, 0) is 10.9 Å². The number of hydrogen-bond acceptors (Lipinski definition) is 2. The van der Waals surface area contributed by atoms with Gasteiger partial charge in [0.1, 0.15) is 17.3 Å². The van der Waals surface area contributed by atoms with Crippen LogP contribution in [0.3, 0.4) is 0 Å². The smallest absolute Gasteiger partial charge is 0.131 e. The van der Waals surface area contributed by atoms with Crippen molar-refractivity contribution >= 4 is 10.9 Å². The van der Waals surface area contributed by atoms with Crippen LogP contribution in [0.1, 0.15) is 6.92 Å². The Morgan fingerprint density at radius 1 is 1.44 bits per heavy atom. The average Bonchev–Trinajstić information content (AvgIpc) is 1.88. The molecule has 0 amide bonds. The number of nitrogens with two attached hydrogens (primary N) is 1. The Kier molecular flexibility index (Phi) is 6.58. The zero-order valence-electron chi connectivity index (χ0n) is 5.97. The molecule has 0 bridgehead atoms. The van der Waals surface area contributed by atoms with E-state index in [2.05, 4.69) is 6.92 Å². The molecule has 0 heterocycles. The normalized spacial score (nSPS) is 13.7. The van der Waals surface area contributed by atoms with Crippen LogP contribution in [0, 0.1) is 0 Å². The lowest BCUT2D eigenvalue weighted by molar-refractivity contribution is 0.322. The Labute approximate surface area is 59.8 Å². The molecule has 0 aromatic heterocycles. The van der Waals surface area contributed by atoms with Crippen LogP contribution in [0.2, 0.25) is 0 Å². The van der Waals surface area contributed by atoms with Crippen molar-refractivity contribution in [3.8, 4) is 0 Å². The number of aliphatic hydroxyl groups is 1. The fraction of sp³-hybridized carbons (Fsp3) is 1.00. The lowest BCUT2D eigenvalue weighted by Gasteiger charge is -2.01. The van der Waals surface area contributed by atoms with Gasteiger partial charge in [-0.05, 0) is 17.8 Å². The highest BCUT2D eigenvalue weighted by atomic mass is 32.2. The summed E-state index contributed by atoms with van der Waals surface area (Å²) >= 11 is 0. The molecule has 3 heteroatoms. The van der Waals surface area contributed by atoms with Crippen LogP contribution in [0.25, 0.3) is 0 Å². The van der Waals surface area contributed by atoms with Crippen molar-refractivity contribution in [3.05, 3.63) is 0 Å². The average molecular weight is 150 g/mol. The molecule has 0 fully saturated rings. The molecular weight excluding hydrogens is 134 g/mol. The van der Waals surface area contributed by atoms with E-state index >= 15 is 0 Å². The van der Waals surface area contributed by atoms with Gasteiger partial charge in [-0.2, -0.15) is 0 Å². The van der Waals surface area contributed by atoms with Crippen molar-refractivity contribution in [1.29, 1.82) is 0 Å². The summed E-state index contributed by atoms with van der Waals surface area (Å²) in [6.45, 7) is 3.22. The molecule has 9 heavy (non-hydrogen) atoms. The largest absolute Gasteiger partial charge is 0.391 e. The van der Waals surface area contributed by atoms with Gasteiger partial charge in [0.25, 0.3) is 0 Å². The summed E-state index contributed by atoms with van der Waals surface area (Å²) in [4.78, 5) is 0. The molecule has 0 aromatic rings. The molecule has 1 atom stereocenters. The third-order valence-electron chi connectivity index (χ3n) is 1.19. The Morgan fingerprint density at radius 3 is 2.44 bits per heavy atom. The summed E-state index contributed by atoms with van der Waals surface area (Å²) < 4.78 is 0. The van der Waals surface area contributed by atoms with Gasteiger partial charge >= 0.3 is 0 Å². The molecule has 56 valence electrons. The molecule has 0 aliphatic rings. The third-order valence-corrected chi connectivity index (χ3v) is 3.58. The van der Waals surface area contributed by atoms with Crippen molar-refractivity contribution < 1.29 is 5.11 Å². The Hall–Kier alpha value is 0.270. The molecule has 3 N–H and O–H groups in total. The molecule has 0 rings (SSSR count). The van der Waals surface area contributed by atoms with Crippen molar-refractivity contribution in [2.75, 3.05) is 30.4 Å². The first-order valence-electron chi connectivity index (χ1n) is 3.30. The van der Waals surface area contributed by atoms with E-state index in [1.165, 1.54) is 0 Å². The van der Waals surface area contributed by atoms with E-state index in [9.17, 15) is 0 Å². The standard InChI is InChI=1S/C6H16NOS/c1-2-9(5-3-7)6-4-8/h8H,2-7H2,1H3/q+1. The zero-order valence-corrected chi connectivity index (χ0v) is 6.78. The lowest BCUT2D eigenvalue weighted by atomic mass is 10.8. The van der Waals surface area contributed by atoms with E-state index in [4.69, 9.17) is 10.8 Å². The minimum atomic E-state index is 0.316. The van der Waals surface area contributed by atoms with E-state index in [0.29, 0.717) is 17.5 Å². The number of rotatable bonds is 5. The van der Waals surface area contributed by atoms with Gasteiger partial charge in [0.15, 0.2) is 0 Å². The topological polar surface area (TPSA) is 46.2 Å². The molecule has 0 radical (unpaired) electrons. The maximum absolute atomic E-state index is 8.56. The minimum absolute atomic E-state index is 0.316. The van der Waals surface area contributed by atoms with Crippen molar-refractivity contribution in [1.82, 2.24) is 0 Å². The van der Waals surface area contributed by atoms with Crippen LogP contribution >= 0.6 is 0 Å². The van der Waals surface area contributed by atoms with Gasteiger partial charge in [-0.15, -0.1) is 0 Å². The van der Waals surface area contributed by atoms with Gasteiger partial charge in [0.2, 0.25) is 0 Å². The van der Waals surface area contributed by atoms with Crippen molar-refractivity contribution in [3.63, 3.8) is 0 Å². The van der Waals surface area contributed by atoms with Gasteiger partial charge < -0.3 is 10.8 Å². The first-order chi connectivity index (χ1) is 4.35. The van der Waals surface area contributed by atoms with Crippen LogP contribution in [-0.4, -0.2) is 35.5 Å². The van der Waals surface area contributed by atoms with Crippen molar-refractivity contribution in [2.24, 2.45) is 5.73 Å². The van der Waals surface area contributed by atoms with E-state index < -0.39 is 0 Å². The SMILES string of the molecule is CC[S+](CCN)CCO. The third kappa shape index (κ3) is 4.75. The summed E-state index contributed by atoms with van der Waals surface area (Å²) in [7, 11) is 0.394. The quantitative estimate of drug-likeness (QED) is 0.523. The fourth-order valence-corrected chi connectivity index (χ4v) is 2.06. The van der Waals surface area contributed by atoms with Gasteiger partial charge in [0, 0.05) is 6.54 Å². The molecule has 0 aliphatic carbocycles. The molecule has 1 unspecified atom stereocenters. The van der Waals surface area contributed by atoms with E-state index in [-0.39, 0.29) is 0 Å². The number of aliphatic hydroxyl groups excluding tert-OH is 1. The predicted octanol–water partition coefficient (Wildman–Crippen LogP) is -0.424. The molecule has 0 aliphatic heterocycles. The first-order valence-corrected chi connectivity index (χ1v) is 5.03. The van der Waals surface area contributed by atoms with Crippen LogP contribution < -0.4 is 5.73 Å². The van der Waals surface area contributed by atoms with Crippen molar-refractivity contribution in [2.45, 2.75) is 6.92 Å². The molecule has 0 saturated heterocycles. The summed E-state index contributed by atoms with van der Waals surface area (Å²) in [5.74, 6) is 3.18. The Bertz CT molecular complexity index is 55.0. The fourth-order valence-electron chi connectivity index (χ4n) is 0.687. The molecule has 0 saturated carbocycles. The summed E-state index contributed by atoms with van der Waals surface area (Å²) in [5, 5.41) is 8.56. The van der Waals surface area contributed by atoms with Gasteiger partial charge in [-0.1, -0.05) is 0 Å². The maximum Gasteiger partial charge on any atom is 0.131 e. The number of hydrogen-bond donors (Lipinski definition) is 2. The monoisotopic (exact) mass is 150 g/mol. The van der Waals surface area contributed by atoms with Crippen LogP contribution in [0.4, 0.5) is 0 Å². The Balaban J connectivity index is 3.18. The van der Waals surface area contributed by atoms with Gasteiger partial charge in [-0.3, -0.25) is 0 Å². The Morgan fingerprint density at radius 2 is 2.11 bits per heavy atom.